The fraction of sp³-hybridized carbons (Fsp3) is 0.333. The number of hydrogen-bond acceptors (Lipinski definition) is 4. The van der Waals surface area contributed by atoms with E-state index in [-0.39, 0.29) is 0 Å². The highest BCUT2D eigenvalue weighted by atomic mass is 32.1. The molecule has 0 fully saturated rings. The van der Waals surface area contributed by atoms with Gasteiger partial charge in [0, 0.05) is 5.56 Å². The van der Waals surface area contributed by atoms with Gasteiger partial charge in [0.05, 0.1) is 11.5 Å². The maximum absolute atomic E-state index is 5.43. The van der Waals surface area contributed by atoms with Crippen molar-refractivity contribution in [1.29, 1.82) is 0 Å². The van der Waals surface area contributed by atoms with Crippen LogP contribution in [0.4, 0.5) is 0 Å². The zero-order valence-corrected chi connectivity index (χ0v) is 10.8. The molecule has 0 saturated carbocycles. The first kappa shape index (κ1) is 12.6. The second-order valence-corrected chi connectivity index (χ2v) is 4.52. The number of nitrogens with two attached hydrogens (primary N) is 1. The normalized spacial score (nSPS) is 10.4. The van der Waals surface area contributed by atoms with Crippen LogP contribution in [0.15, 0.2) is 30.3 Å². The van der Waals surface area contributed by atoms with E-state index in [1.54, 1.807) is 4.80 Å². The number of aromatic nitrogens is 4. The number of nitrogens with zero attached hydrogens (tertiary/aromatic N) is 4. The average molecular weight is 261 g/mol. The fourth-order valence-electron chi connectivity index (χ4n) is 1.59. The summed E-state index contributed by atoms with van der Waals surface area (Å²) in [5, 5.41) is 12.4. The summed E-state index contributed by atoms with van der Waals surface area (Å²) in [6.07, 6.45) is 2.68. The quantitative estimate of drug-likeness (QED) is 0.634. The number of aryl methyl sites for hydroxylation is 1. The van der Waals surface area contributed by atoms with Gasteiger partial charge in [0.15, 0.2) is 0 Å². The second kappa shape index (κ2) is 6.20. The van der Waals surface area contributed by atoms with Gasteiger partial charge in [0.25, 0.3) is 0 Å². The molecule has 0 unspecified atom stereocenters. The summed E-state index contributed by atoms with van der Waals surface area (Å²) in [5.41, 5.74) is 6.41. The standard InChI is InChI=1S/C12H15N5S/c13-11(18)8-4-5-9-17-15-12(14-16-17)10-6-2-1-3-7-10/h1-3,6-7H,4-5,8-9H2,(H2,13,18). The summed E-state index contributed by atoms with van der Waals surface area (Å²) < 4.78 is 0. The van der Waals surface area contributed by atoms with Gasteiger partial charge >= 0.3 is 0 Å². The molecule has 94 valence electrons. The third-order valence-electron chi connectivity index (χ3n) is 2.52. The molecule has 0 atom stereocenters. The lowest BCUT2D eigenvalue weighted by Gasteiger charge is -1.98. The zero-order valence-electron chi connectivity index (χ0n) is 9.99. The van der Waals surface area contributed by atoms with E-state index in [9.17, 15) is 0 Å². The lowest BCUT2D eigenvalue weighted by atomic mass is 10.2. The Balaban J connectivity index is 1.89. The average Bonchev–Trinajstić information content (AvgIpc) is 2.84. The molecule has 6 heteroatoms. The van der Waals surface area contributed by atoms with Crippen molar-refractivity contribution in [1.82, 2.24) is 20.2 Å². The van der Waals surface area contributed by atoms with E-state index >= 15 is 0 Å². The predicted molar refractivity (Wildman–Crippen MR) is 73.9 cm³/mol. The maximum Gasteiger partial charge on any atom is 0.204 e. The first-order chi connectivity index (χ1) is 8.75. The molecule has 0 aliphatic carbocycles. The minimum absolute atomic E-state index is 0.562. The lowest BCUT2D eigenvalue weighted by Crippen LogP contribution is -2.08. The summed E-state index contributed by atoms with van der Waals surface area (Å²) in [6, 6.07) is 9.81. The molecule has 0 spiro atoms. The Kier molecular flexibility index (Phi) is 4.35. The Hall–Kier alpha value is -1.82. The van der Waals surface area contributed by atoms with Gasteiger partial charge in [0.2, 0.25) is 5.82 Å². The summed E-state index contributed by atoms with van der Waals surface area (Å²) in [6.45, 7) is 0.739. The van der Waals surface area contributed by atoms with Crippen LogP contribution in [-0.2, 0) is 6.54 Å². The highest BCUT2D eigenvalue weighted by molar-refractivity contribution is 7.80. The van der Waals surface area contributed by atoms with E-state index < -0.39 is 0 Å². The van der Waals surface area contributed by atoms with Gasteiger partial charge in [-0.15, -0.1) is 10.2 Å². The maximum atomic E-state index is 5.43. The molecule has 1 aromatic carbocycles. The van der Waals surface area contributed by atoms with Crippen molar-refractivity contribution in [3.63, 3.8) is 0 Å². The smallest absolute Gasteiger partial charge is 0.204 e. The van der Waals surface area contributed by atoms with Crippen molar-refractivity contribution in [3.8, 4) is 11.4 Å². The molecular formula is C12H15N5S. The molecule has 0 aliphatic heterocycles. The summed E-state index contributed by atoms with van der Waals surface area (Å²) in [7, 11) is 0. The highest BCUT2D eigenvalue weighted by Gasteiger charge is 2.04. The van der Waals surface area contributed by atoms with Gasteiger partial charge in [-0.2, -0.15) is 4.80 Å². The van der Waals surface area contributed by atoms with E-state index in [0.717, 1.165) is 31.4 Å². The molecule has 0 amide bonds. The first-order valence-electron chi connectivity index (χ1n) is 5.87. The molecule has 2 rings (SSSR count). The molecular weight excluding hydrogens is 246 g/mol. The molecule has 0 bridgehead atoms. The van der Waals surface area contributed by atoms with Crippen molar-refractivity contribution in [2.24, 2.45) is 5.73 Å². The third-order valence-corrected chi connectivity index (χ3v) is 2.72. The predicted octanol–water partition coefficient (Wildman–Crippen LogP) is 1.80. The van der Waals surface area contributed by atoms with Gasteiger partial charge in [0.1, 0.15) is 0 Å². The van der Waals surface area contributed by atoms with Crippen LogP contribution < -0.4 is 5.73 Å². The second-order valence-electron chi connectivity index (χ2n) is 4.00. The monoisotopic (exact) mass is 261 g/mol. The Labute approximate surface area is 111 Å². The molecule has 2 N–H and O–H groups in total. The number of benzene rings is 1. The van der Waals surface area contributed by atoms with Crippen molar-refractivity contribution in [3.05, 3.63) is 30.3 Å². The van der Waals surface area contributed by atoms with Gasteiger partial charge in [-0.25, -0.2) is 0 Å². The molecule has 18 heavy (non-hydrogen) atoms. The number of rotatable bonds is 6. The molecule has 5 nitrogen and oxygen atoms in total. The van der Waals surface area contributed by atoms with E-state index in [1.165, 1.54) is 0 Å². The third kappa shape index (κ3) is 3.59. The molecule has 1 aromatic heterocycles. The zero-order chi connectivity index (χ0) is 12.8. The topological polar surface area (TPSA) is 69.6 Å². The van der Waals surface area contributed by atoms with Gasteiger partial charge in [-0.1, -0.05) is 42.5 Å². The fourth-order valence-corrected chi connectivity index (χ4v) is 1.74. The van der Waals surface area contributed by atoms with Crippen molar-refractivity contribution >= 4 is 17.2 Å². The Morgan fingerprint density at radius 3 is 2.72 bits per heavy atom. The molecule has 0 saturated heterocycles. The van der Waals surface area contributed by atoms with Crippen molar-refractivity contribution < 1.29 is 0 Å². The summed E-state index contributed by atoms with van der Waals surface area (Å²) in [4.78, 5) is 2.17. The van der Waals surface area contributed by atoms with Crippen molar-refractivity contribution in [2.75, 3.05) is 0 Å². The molecule has 2 aromatic rings. The number of tetrazole rings is 1. The van der Waals surface area contributed by atoms with Crippen LogP contribution in [0.1, 0.15) is 19.3 Å². The van der Waals surface area contributed by atoms with Crippen LogP contribution in [0.5, 0.6) is 0 Å². The highest BCUT2D eigenvalue weighted by Crippen LogP contribution is 2.11. The van der Waals surface area contributed by atoms with Crippen LogP contribution in [-0.4, -0.2) is 25.2 Å². The van der Waals surface area contributed by atoms with E-state index in [1.807, 2.05) is 30.3 Å². The van der Waals surface area contributed by atoms with Crippen LogP contribution >= 0.6 is 12.2 Å². The number of unbranched alkanes of at least 4 members (excludes halogenated alkanes) is 1. The Bertz CT molecular complexity index is 508. The number of hydrogen-bond donors (Lipinski definition) is 1. The van der Waals surface area contributed by atoms with Crippen LogP contribution in [0.25, 0.3) is 11.4 Å². The lowest BCUT2D eigenvalue weighted by molar-refractivity contribution is 0.492. The Morgan fingerprint density at radius 1 is 1.22 bits per heavy atom. The van der Waals surface area contributed by atoms with E-state index in [4.69, 9.17) is 18.0 Å². The SMILES string of the molecule is NC(=S)CCCCn1nnc(-c2ccccc2)n1. The number of thiocarbonyl (C=S) groups is 1. The summed E-state index contributed by atoms with van der Waals surface area (Å²) in [5.74, 6) is 0.657. The van der Waals surface area contributed by atoms with Gasteiger partial charge in [-0.3, -0.25) is 0 Å². The minimum atomic E-state index is 0.562. The van der Waals surface area contributed by atoms with Crippen LogP contribution in [0, 0.1) is 0 Å². The van der Waals surface area contributed by atoms with E-state index in [0.29, 0.717) is 10.8 Å². The Morgan fingerprint density at radius 2 is 2.00 bits per heavy atom. The van der Waals surface area contributed by atoms with Crippen LogP contribution in [0.2, 0.25) is 0 Å². The van der Waals surface area contributed by atoms with Gasteiger partial charge < -0.3 is 5.73 Å². The summed E-state index contributed by atoms with van der Waals surface area (Å²) >= 11 is 4.82. The minimum Gasteiger partial charge on any atom is -0.393 e. The van der Waals surface area contributed by atoms with Crippen LogP contribution in [0.3, 0.4) is 0 Å². The van der Waals surface area contributed by atoms with E-state index in [2.05, 4.69) is 15.4 Å². The van der Waals surface area contributed by atoms with Gasteiger partial charge in [-0.05, 0) is 24.5 Å². The largest absolute Gasteiger partial charge is 0.393 e. The van der Waals surface area contributed by atoms with Crippen molar-refractivity contribution in [2.45, 2.75) is 25.8 Å². The molecule has 0 radical (unpaired) electrons. The molecule has 0 aliphatic rings. The first-order valence-corrected chi connectivity index (χ1v) is 6.28. The molecule has 1 heterocycles.